The molecule has 7 heteroatoms. The molecule has 0 spiro atoms. The number of nitrogens with zero attached hydrogens (tertiary/aromatic N) is 2. The monoisotopic (exact) mass is 349 g/mol. The number of hydrogen-bond donors (Lipinski definition) is 1. The molecule has 1 aromatic heterocycles. The molecular weight excluding hydrogens is 330 g/mol. The topological polar surface area (TPSA) is 66.1 Å². The van der Waals surface area contributed by atoms with Gasteiger partial charge in [-0.25, -0.2) is 4.98 Å². The van der Waals surface area contributed by atoms with Crippen molar-refractivity contribution >= 4 is 35.1 Å². The Balaban J connectivity index is 1.98. The number of para-hydroxylation sites is 1. The summed E-state index contributed by atoms with van der Waals surface area (Å²) in [5.41, 5.74) is 1.40. The first kappa shape index (κ1) is 17.6. The molecule has 1 N–H and O–H groups in total. The van der Waals surface area contributed by atoms with Gasteiger partial charge in [0.1, 0.15) is 0 Å². The van der Waals surface area contributed by atoms with Crippen LogP contribution < -0.4 is 10.5 Å². The van der Waals surface area contributed by atoms with Gasteiger partial charge < -0.3 is 9.88 Å². The van der Waals surface area contributed by atoms with Crippen molar-refractivity contribution in [1.82, 2.24) is 9.97 Å². The van der Waals surface area contributed by atoms with Crippen LogP contribution in [0.4, 0.5) is 5.69 Å². The number of aromatic nitrogens is 2. The van der Waals surface area contributed by atoms with Crippen LogP contribution in [0.25, 0.3) is 0 Å². The molecule has 0 radical (unpaired) electrons. The lowest BCUT2D eigenvalue weighted by Gasteiger charge is -2.16. The summed E-state index contributed by atoms with van der Waals surface area (Å²) in [4.78, 5) is 32.6. The molecule has 122 valence electrons. The van der Waals surface area contributed by atoms with E-state index in [4.69, 9.17) is 0 Å². The minimum atomic E-state index is -0.182. The lowest BCUT2D eigenvalue weighted by Crippen LogP contribution is -2.28. The third-order valence-electron chi connectivity index (χ3n) is 3.08. The van der Waals surface area contributed by atoms with Crippen LogP contribution in [0.15, 0.2) is 46.3 Å². The summed E-state index contributed by atoms with van der Waals surface area (Å²) in [7, 11) is 1.74. The second kappa shape index (κ2) is 8.79. The molecule has 0 unspecified atom stereocenters. The van der Waals surface area contributed by atoms with Gasteiger partial charge in [0, 0.05) is 24.6 Å². The summed E-state index contributed by atoms with van der Waals surface area (Å²) >= 11 is 2.95. The van der Waals surface area contributed by atoms with E-state index < -0.39 is 0 Å². The molecule has 1 amide bonds. The Bertz CT molecular complexity index is 704. The molecule has 2 aromatic rings. The zero-order valence-electron chi connectivity index (χ0n) is 13.1. The standard InChI is InChI=1S/C16H19N3O2S2/c1-3-22-10-12-9-14(20)18-16(17-12)23-11-15(21)19(2)13-7-5-4-6-8-13/h4-9H,3,10-11H2,1-2H3,(H,17,18,20). The predicted octanol–water partition coefficient (Wildman–Crippen LogP) is 2.78. The van der Waals surface area contributed by atoms with Gasteiger partial charge in [-0.2, -0.15) is 11.8 Å². The lowest BCUT2D eigenvalue weighted by atomic mass is 10.3. The summed E-state index contributed by atoms with van der Waals surface area (Å²) in [6.45, 7) is 2.06. The maximum absolute atomic E-state index is 12.2. The number of amides is 1. The van der Waals surface area contributed by atoms with E-state index in [0.717, 1.165) is 17.1 Å². The quantitative estimate of drug-likeness (QED) is 0.615. The molecule has 0 aliphatic heterocycles. The van der Waals surface area contributed by atoms with Gasteiger partial charge in [0.2, 0.25) is 5.91 Å². The number of thioether (sulfide) groups is 2. The number of aromatic amines is 1. The highest BCUT2D eigenvalue weighted by molar-refractivity contribution is 7.99. The first-order valence-corrected chi connectivity index (χ1v) is 9.36. The zero-order valence-corrected chi connectivity index (χ0v) is 14.7. The molecule has 0 bridgehead atoms. The Morgan fingerprint density at radius 3 is 2.74 bits per heavy atom. The molecule has 1 heterocycles. The first-order valence-electron chi connectivity index (χ1n) is 7.22. The number of carbonyl (C=O) groups is 1. The highest BCUT2D eigenvalue weighted by Gasteiger charge is 2.12. The number of carbonyl (C=O) groups excluding carboxylic acids is 1. The Hall–Kier alpha value is -1.73. The predicted molar refractivity (Wildman–Crippen MR) is 97.3 cm³/mol. The van der Waals surface area contributed by atoms with Gasteiger partial charge in [0.25, 0.3) is 5.56 Å². The lowest BCUT2D eigenvalue weighted by molar-refractivity contribution is -0.115. The largest absolute Gasteiger partial charge is 0.315 e. The van der Waals surface area contributed by atoms with Gasteiger partial charge in [0.15, 0.2) is 5.16 Å². The SMILES string of the molecule is CCSCc1cc(=O)[nH]c(SCC(=O)N(C)c2ccccc2)n1. The average Bonchev–Trinajstić information content (AvgIpc) is 2.57. The Labute approximate surface area is 143 Å². The fourth-order valence-electron chi connectivity index (χ4n) is 1.85. The van der Waals surface area contributed by atoms with E-state index in [-0.39, 0.29) is 17.2 Å². The number of nitrogens with one attached hydrogen (secondary N) is 1. The summed E-state index contributed by atoms with van der Waals surface area (Å²) < 4.78 is 0. The summed E-state index contributed by atoms with van der Waals surface area (Å²) in [6.07, 6.45) is 0. The minimum Gasteiger partial charge on any atom is -0.315 e. The highest BCUT2D eigenvalue weighted by Crippen LogP contribution is 2.17. The number of hydrogen-bond acceptors (Lipinski definition) is 5. The van der Waals surface area contributed by atoms with E-state index >= 15 is 0 Å². The molecule has 5 nitrogen and oxygen atoms in total. The van der Waals surface area contributed by atoms with E-state index in [2.05, 4.69) is 16.9 Å². The van der Waals surface area contributed by atoms with E-state index in [1.807, 2.05) is 30.3 Å². The number of anilines is 1. The van der Waals surface area contributed by atoms with Gasteiger partial charge in [-0.05, 0) is 17.9 Å². The molecule has 0 saturated carbocycles. The Morgan fingerprint density at radius 1 is 1.30 bits per heavy atom. The van der Waals surface area contributed by atoms with Crippen molar-refractivity contribution in [3.8, 4) is 0 Å². The summed E-state index contributed by atoms with van der Waals surface area (Å²) in [5, 5.41) is 0.485. The van der Waals surface area contributed by atoms with Gasteiger partial charge in [-0.3, -0.25) is 9.59 Å². The number of rotatable bonds is 7. The van der Waals surface area contributed by atoms with Crippen molar-refractivity contribution < 1.29 is 4.79 Å². The second-order valence-corrected chi connectivity index (χ2v) is 6.99. The molecule has 0 atom stereocenters. The van der Waals surface area contributed by atoms with Crippen molar-refractivity contribution in [2.24, 2.45) is 0 Å². The van der Waals surface area contributed by atoms with Crippen molar-refractivity contribution in [2.45, 2.75) is 17.8 Å². The molecular formula is C16H19N3O2S2. The van der Waals surface area contributed by atoms with Crippen molar-refractivity contribution in [1.29, 1.82) is 0 Å². The van der Waals surface area contributed by atoms with Crippen molar-refractivity contribution in [3.63, 3.8) is 0 Å². The molecule has 1 aromatic carbocycles. The summed E-state index contributed by atoms with van der Waals surface area (Å²) in [5.74, 6) is 1.85. The molecule has 0 saturated heterocycles. The average molecular weight is 349 g/mol. The number of H-pyrrole nitrogens is 1. The maximum Gasteiger partial charge on any atom is 0.251 e. The van der Waals surface area contributed by atoms with Gasteiger partial charge >= 0.3 is 0 Å². The maximum atomic E-state index is 12.2. The number of benzene rings is 1. The molecule has 23 heavy (non-hydrogen) atoms. The van der Waals surface area contributed by atoms with Crippen LogP contribution in [0, 0.1) is 0 Å². The van der Waals surface area contributed by atoms with Crippen molar-refractivity contribution in [2.75, 3.05) is 23.5 Å². The smallest absolute Gasteiger partial charge is 0.251 e. The van der Waals surface area contributed by atoms with Gasteiger partial charge in [-0.15, -0.1) is 0 Å². The van der Waals surface area contributed by atoms with Crippen LogP contribution in [0.1, 0.15) is 12.6 Å². The first-order chi connectivity index (χ1) is 11.1. The van der Waals surface area contributed by atoms with E-state index in [9.17, 15) is 9.59 Å². The van der Waals surface area contributed by atoms with Crippen LogP contribution in [-0.4, -0.2) is 34.4 Å². The third-order valence-corrected chi connectivity index (χ3v) is 4.84. The van der Waals surface area contributed by atoms with Crippen LogP contribution in [-0.2, 0) is 10.5 Å². The fraction of sp³-hybridized carbons (Fsp3) is 0.312. The summed E-state index contributed by atoms with van der Waals surface area (Å²) in [6, 6.07) is 11.0. The molecule has 0 aliphatic carbocycles. The zero-order chi connectivity index (χ0) is 16.7. The van der Waals surface area contributed by atoms with Gasteiger partial charge in [0.05, 0.1) is 11.4 Å². The molecule has 0 aliphatic rings. The van der Waals surface area contributed by atoms with Crippen molar-refractivity contribution in [3.05, 3.63) is 52.4 Å². The normalized spacial score (nSPS) is 10.5. The van der Waals surface area contributed by atoms with E-state index in [1.54, 1.807) is 23.7 Å². The van der Waals surface area contributed by atoms with Crippen LogP contribution >= 0.6 is 23.5 Å². The Kier molecular flexibility index (Phi) is 6.73. The van der Waals surface area contributed by atoms with E-state index in [1.165, 1.54) is 17.8 Å². The minimum absolute atomic E-state index is 0.0443. The highest BCUT2D eigenvalue weighted by atomic mass is 32.2. The fourth-order valence-corrected chi connectivity index (χ4v) is 3.22. The van der Waals surface area contributed by atoms with Crippen LogP contribution in [0.5, 0.6) is 0 Å². The van der Waals surface area contributed by atoms with Gasteiger partial charge in [-0.1, -0.05) is 36.9 Å². The van der Waals surface area contributed by atoms with E-state index in [0.29, 0.717) is 10.9 Å². The Morgan fingerprint density at radius 2 is 2.04 bits per heavy atom. The third kappa shape index (κ3) is 5.44. The molecule has 0 fully saturated rings. The second-order valence-electron chi connectivity index (χ2n) is 4.76. The molecule has 2 rings (SSSR count). The van der Waals surface area contributed by atoms with Crippen LogP contribution in [0.2, 0.25) is 0 Å². The van der Waals surface area contributed by atoms with Crippen LogP contribution in [0.3, 0.4) is 0 Å².